The Morgan fingerprint density at radius 2 is 2.26 bits per heavy atom. The van der Waals surface area contributed by atoms with Crippen molar-refractivity contribution in [2.75, 3.05) is 6.54 Å². The lowest BCUT2D eigenvalue weighted by Crippen LogP contribution is -2.16. The van der Waals surface area contributed by atoms with E-state index in [-0.39, 0.29) is 0 Å². The van der Waals surface area contributed by atoms with E-state index in [2.05, 4.69) is 47.6 Å². The third-order valence-corrected chi connectivity index (χ3v) is 4.45. The third kappa shape index (κ3) is 3.64. The molecule has 0 unspecified atom stereocenters. The molecule has 0 bridgehead atoms. The Morgan fingerprint density at radius 3 is 3.05 bits per heavy atom. The smallest absolute Gasteiger partial charge is 0.0978 e. The van der Waals surface area contributed by atoms with E-state index in [4.69, 9.17) is 0 Å². The molecule has 1 fully saturated rings. The van der Waals surface area contributed by atoms with Crippen molar-refractivity contribution >= 4 is 21.6 Å². The second-order valence-corrected chi connectivity index (χ2v) is 6.43. The van der Waals surface area contributed by atoms with Gasteiger partial charge in [-0.1, -0.05) is 23.8 Å². The van der Waals surface area contributed by atoms with Crippen molar-refractivity contribution in [3.05, 3.63) is 40.9 Å². The van der Waals surface area contributed by atoms with Crippen LogP contribution in [0.1, 0.15) is 31.2 Å². The highest BCUT2D eigenvalue weighted by molar-refractivity contribution is 7.18. The topological polar surface area (TPSA) is 24.9 Å². The van der Waals surface area contributed by atoms with Gasteiger partial charge >= 0.3 is 0 Å². The number of para-hydroxylation sites is 1. The first-order chi connectivity index (χ1) is 9.31. The summed E-state index contributed by atoms with van der Waals surface area (Å²) >= 11 is 1.81. The van der Waals surface area contributed by atoms with E-state index in [0.717, 1.165) is 30.9 Å². The van der Waals surface area contributed by atoms with E-state index in [1.807, 2.05) is 11.3 Å². The zero-order chi connectivity index (χ0) is 13.1. The van der Waals surface area contributed by atoms with Crippen LogP contribution in [0.25, 0.3) is 10.2 Å². The fourth-order valence-corrected chi connectivity index (χ4v) is 3.26. The van der Waals surface area contributed by atoms with Crippen LogP contribution in [-0.2, 0) is 6.42 Å². The van der Waals surface area contributed by atoms with Gasteiger partial charge in [0.1, 0.15) is 0 Å². The number of benzene rings is 1. The van der Waals surface area contributed by atoms with Crippen LogP contribution in [0.5, 0.6) is 0 Å². The number of allylic oxidation sites excluding steroid dienone is 1. The lowest BCUT2D eigenvalue weighted by atomic mass is 10.2. The van der Waals surface area contributed by atoms with Crippen molar-refractivity contribution in [2.45, 2.75) is 38.6 Å². The molecule has 0 amide bonds. The SMILES string of the molecule is CC(=CCCNC1CC1)Cc1nc2ccccc2s1. The molecule has 1 N–H and O–H groups in total. The van der Waals surface area contributed by atoms with Crippen LogP contribution >= 0.6 is 11.3 Å². The Balaban J connectivity index is 1.55. The van der Waals surface area contributed by atoms with Gasteiger partial charge in [0.15, 0.2) is 0 Å². The largest absolute Gasteiger partial charge is 0.314 e. The molecule has 0 atom stereocenters. The van der Waals surface area contributed by atoms with Crippen LogP contribution in [0.4, 0.5) is 0 Å². The molecule has 0 radical (unpaired) electrons. The van der Waals surface area contributed by atoms with Gasteiger partial charge in [0.2, 0.25) is 0 Å². The molecule has 0 spiro atoms. The van der Waals surface area contributed by atoms with Gasteiger partial charge in [-0.05, 0) is 44.9 Å². The van der Waals surface area contributed by atoms with Crippen molar-refractivity contribution in [1.82, 2.24) is 10.3 Å². The highest BCUT2D eigenvalue weighted by Crippen LogP contribution is 2.23. The summed E-state index contributed by atoms with van der Waals surface area (Å²) in [5, 5.41) is 4.77. The Hall–Kier alpha value is -1.19. The van der Waals surface area contributed by atoms with Crippen LogP contribution in [0.2, 0.25) is 0 Å². The average Bonchev–Trinajstić information content (AvgIpc) is 3.13. The number of aromatic nitrogens is 1. The van der Waals surface area contributed by atoms with Crippen LogP contribution < -0.4 is 5.32 Å². The van der Waals surface area contributed by atoms with Gasteiger partial charge < -0.3 is 5.32 Å². The molecule has 1 aliphatic carbocycles. The van der Waals surface area contributed by atoms with Gasteiger partial charge in [-0.3, -0.25) is 0 Å². The highest BCUT2D eigenvalue weighted by Gasteiger charge is 2.19. The lowest BCUT2D eigenvalue weighted by molar-refractivity contribution is 0.688. The molecule has 1 aromatic carbocycles. The van der Waals surface area contributed by atoms with E-state index in [9.17, 15) is 0 Å². The van der Waals surface area contributed by atoms with Crippen molar-refractivity contribution in [1.29, 1.82) is 0 Å². The monoisotopic (exact) mass is 272 g/mol. The average molecular weight is 272 g/mol. The predicted molar refractivity (Wildman–Crippen MR) is 82.7 cm³/mol. The normalized spacial score (nSPS) is 16.2. The molecule has 3 heteroatoms. The van der Waals surface area contributed by atoms with Gasteiger partial charge in [-0.15, -0.1) is 11.3 Å². The van der Waals surface area contributed by atoms with Gasteiger partial charge in [0, 0.05) is 12.5 Å². The molecule has 1 aromatic heterocycles. The van der Waals surface area contributed by atoms with Crippen LogP contribution in [-0.4, -0.2) is 17.6 Å². The van der Waals surface area contributed by atoms with Crippen molar-refractivity contribution in [3.8, 4) is 0 Å². The summed E-state index contributed by atoms with van der Waals surface area (Å²) in [4.78, 5) is 4.68. The minimum atomic E-state index is 0.818. The quantitative estimate of drug-likeness (QED) is 0.636. The summed E-state index contributed by atoms with van der Waals surface area (Å²) in [6, 6.07) is 9.19. The Kier molecular flexibility index (Phi) is 3.95. The van der Waals surface area contributed by atoms with Crippen LogP contribution in [0, 0.1) is 0 Å². The Labute approximate surface area is 118 Å². The zero-order valence-electron chi connectivity index (χ0n) is 11.4. The van der Waals surface area contributed by atoms with Gasteiger partial charge in [-0.2, -0.15) is 0 Å². The summed E-state index contributed by atoms with van der Waals surface area (Å²) in [5.41, 5.74) is 2.56. The molecule has 0 aliphatic heterocycles. The van der Waals surface area contributed by atoms with Gasteiger partial charge in [0.05, 0.1) is 15.2 Å². The fraction of sp³-hybridized carbons (Fsp3) is 0.438. The van der Waals surface area contributed by atoms with E-state index in [0.29, 0.717) is 0 Å². The minimum absolute atomic E-state index is 0.818. The lowest BCUT2D eigenvalue weighted by Gasteiger charge is -2.00. The maximum Gasteiger partial charge on any atom is 0.0978 e. The van der Waals surface area contributed by atoms with Crippen LogP contribution in [0.3, 0.4) is 0 Å². The zero-order valence-corrected chi connectivity index (χ0v) is 12.2. The Bertz CT molecular complexity index is 548. The molecule has 3 rings (SSSR count). The number of nitrogens with zero attached hydrogens (tertiary/aromatic N) is 1. The summed E-state index contributed by atoms with van der Waals surface area (Å²) in [5.74, 6) is 0. The molecular formula is C16H20N2S. The van der Waals surface area contributed by atoms with Crippen molar-refractivity contribution < 1.29 is 0 Å². The number of hydrogen-bond donors (Lipinski definition) is 1. The van der Waals surface area contributed by atoms with E-state index >= 15 is 0 Å². The minimum Gasteiger partial charge on any atom is -0.314 e. The number of hydrogen-bond acceptors (Lipinski definition) is 3. The van der Waals surface area contributed by atoms with Gasteiger partial charge in [0.25, 0.3) is 0 Å². The first-order valence-corrected chi connectivity index (χ1v) is 7.86. The summed E-state index contributed by atoms with van der Waals surface area (Å²) < 4.78 is 1.29. The van der Waals surface area contributed by atoms with E-state index < -0.39 is 0 Å². The summed E-state index contributed by atoms with van der Waals surface area (Å²) in [6.45, 7) is 3.32. The molecule has 100 valence electrons. The molecule has 1 saturated carbocycles. The highest BCUT2D eigenvalue weighted by atomic mass is 32.1. The standard InChI is InChI=1S/C16H20N2S/c1-12(5-4-10-17-13-8-9-13)11-16-18-14-6-2-3-7-15(14)19-16/h2-3,5-7,13,17H,4,8-11H2,1H3. The molecule has 2 aromatic rings. The maximum atomic E-state index is 4.68. The molecule has 1 aliphatic rings. The number of thiazole rings is 1. The first-order valence-electron chi connectivity index (χ1n) is 7.05. The van der Waals surface area contributed by atoms with E-state index in [1.165, 1.54) is 28.1 Å². The molecule has 2 nitrogen and oxygen atoms in total. The fourth-order valence-electron chi connectivity index (χ4n) is 2.20. The summed E-state index contributed by atoms with van der Waals surface area (Å²) in [6.07, 6.45) is 7.21. The van der Waals surface area contributed by atoms with Crippen LogP contribution in [0.15, 0.2) is 35.9 Å². The third-order valence-electron chi connectivity index (χ3n) is 3.42. The molecule has 19 heavy (non-hydrogen) atoms. The Morgan fingerprint density at radius 1 is 1.42 bits per heavy atom. The predicted octanol–water partition coefficient (Wildman–Crippen LogP) is 3.93. The second-order valence-electron chi connectivity index (χ2n) is 5.32. The van der Waals surface area contributed by atoms with Crippen molar-refractivity contribution in [2.24, 2.45) is 0 Å². The van der Waals surface area contributed by atoms with E-state index in [1.54, 1.807) is 0 Å². The maximum absolute atomic E-state index is 4.68. The van der Waals surface area contributed by atoms with Crippen molar-refractivity contribution in [3.63, 3.8) is 0 Å². The number of fused-ring (bicyclic) bond motifs is 1. The number of nitrogens with one attached hydrogen (secondary N) is 1. The molecular weight excluding hydrogens is 252 g/mol. The number of rotatable bonds is 6. The summed E-state index contributed by atoms with van der Waals surface area (Å²) in [7, 11) is 0. The second kappa shape index (κ2) is 5.85. The first kappa shape index (κ1) is 12.8. The molecule has 1 heterocycles. The molecule has 0 saturated heterocycles. The van der Waals surface area contributed by atoms with Gasteiger partial charge in [-0.25, -0.2) is 4.98 Å².